The molecule has 0 bridgehead atoms. The van der Waals surface area contributed by atoms with E-state index in [-0.39, 0.29) is 6.03 Å². The molecule has 1 aliphatic heterocycles. The van der Waals surface area contributed by atoms with Crippen molar-refractivity contribution in [2.75, 3.05) is 31.5 Å². The van der Waals surface area contributed by atoms with Crippen LogP contribution in [0.3, 0.4) is 0 Å². The third kappa shape index (κ3) is 4.28. The number of carbonyl (C=O) groups excluding carboxylic acids is 1. The lowest BCUT2D eigenvalue weighted by Gasteiger charge is -2.34. The molecule has 24 heavy (non-hydrogen) atoms. The SMILES string of the molecule is Cc1ccc(NC(=O)N2CCN(Cc3ccccc3Cl)CC2)cc1. The van der Waals surface area contributed by atoms with Gasteiger partial charge in [-0.1, -0.05) is 47.5 Å². The van der Waals surface area contributed by atoms with Crippen LogP contribution >= 0.6 is 11.6 Å². The van der Waals surface area contributed by atoms with Crippen LogP contribution in [0.4, 0.5) is 10.5 Å². The van der Waals surface area contributed by atoms with Crippen LogP contribution in [0, 0.1) is 6.92 Å². The highest BCUT2D eigenvalue weighted by Gasteiger charge is 2.21. The molecule has 1 aliphatic rings. The molecule has 0 unspecified atom stereocenters. The van der Waals surface area contributed by atoms with Crippen LogP contribution in [0.2, 0.25) is 5.02 Å². The number of aryl methyl sites for hydroxylation is 1. The topological polar surface area (TPSA) is 35.6 Å². The summed E-state index contributed by atoms with van der Waals surface area (Å²) in [5.41, 5.74) is 3.15. The summed E-state index contributed by atoms with van der Waals surface area (Å²) < 4.78 is 0. The average Bonchev–Trinajstić information content (AvgIpc) is 2.59. The number of piperazine rings is 1. The van der Waals surface area contributed by atoms with E-state index in [0.29, 0.717) is 0 Å². The van der Waals surface area contributed by atoms with E-state index in [9.17, 15) is 4.79 Å². The predicted octanol–water partition coefficient (Wildman–Crippen LogP) is 4.00. The number of urea groups is 1. The maximum absolute atomic E-state index is 12.3. The van der Waals surface area contributed by atoms with Gasteiger partial charge in [-0.3, -0.25) is 4.90 Å². The highest BCUT2D eigenvalue weighted by atomic mass is 35.5. The van der Waals surface area contributed by atoms with Crippen molar-refractivity contribution < 1.29 is 4.79 Å². The number of amides is 2. The minimum absolute atomic E-state index is 0.0313. The second-order valence-corrected chi connectivity index (χ2v) is 6.56. The Morgan fingerprint density at radius 1 is 1.04 bits per heavy atom. The van der Waals surface area contributed by atoms with E-state index in [1.807, 2.05) is 54.3 Å². The van der Waals surface area contributed by atoms with E-state index in [0.717, 1.165) is 49.0 Å². The maximum Gasteiger partial charge on any atom is 0.321 e. The maximum atomic E-state index is 12.3. The van der Waals surface area contributed by atoms with Crippen molar-refractivity contribution in [1.82, 2.24) is 9.80 Å². The summed E-state index contributed by atoms with van der Waals surface area (Å²) in [4.78, 5) is 16.5. The molecule has 3 rings (SSSR count). The van der Waals surface area contributed by atoms with Gasteiger partial charge < -0.3 is 10.2 Å². The first-order chi connectivity index (χ1) is 11.6. The van der Waals surface area contributed by atoms with Crippen molar-refractivity contribution in [2.24, 2.45) is 0 Å². The van der Waals surface area contributed by atoms with Crippen molar-refractivity contribution in [3.05, 3.63) is 64.7 Å². The Balaban J connectivity index is 1.50. The standard InChI is InChI=1S/C19H22ClN3O/c1-15-6-8-17(9-7-15)21-19(24)23-12-10-22(11-13-23)14-16-4-2-3-5-18(16)20/h2-9H,10-14H2,1H3,(H,21,24). The van der Waals surface area contributed by atoms with Gasteiger partial charge in [0.2, 0.25) is 0 Å². The Hall–Kier alpha value is -2.04. The summed E-state index contributed by atoms with van der Waals surface area (Å²) in [5, 5.41) is 3.76. The minimum Gasteiger partial charge on any atom is -0.322 e. The van der Waals surface area contributed by atoms with E-state index in [1.54, 1.807) is 0 Å². The monoisotopic (exact) mass is 343 g/mol. The number of hydrogen-bond donors (Lipinski definition) is 1. The summed E-state index contributed by atoms with van der Waals surface area (Å²) in [7, 11) is 0. The quantitative estimate of drug-likeness (QED) is 0.914. The number of nitrogens with zero attached hydrogens (tertiary/aromatic N) is 2. The van der Waals surface area contributed by atoms with Crippen molar-refractivity contribution in [1.29, 1.82) is 0 Å². The molecule has 0 spiro atoms. The molecule has 0 aromatic heterocycles. The van der Waals surface area contributed by atoms with E-state index >= 15 is 0 Å². The molecular formula is C19H22ClN3O. The molecule has 0 saturated carbocycles. The molecule has 126 valence electrons. The number of anilines is 1. The first-order valence-electron chi connectivity index (χ1n) is 8.20. The molecular weight excluding hydrogens is 322 g/mol. The van der Waals surface area contributed by atoms with Crippen LogP contribution in [0.5, 0.6) is 0 Å². The van der Waals surface area contributed by atoms with Crippen molar-refractivity contribution in [2.45, 2.75) is 13.5 Å². The molecule has 2 aromatic carbocycles. The van der Waals surface area contributed by atoms with Gasteiger partial charge in [-0.2, -0.15) is 0 Å². The van der Waals surface area contributed by atoms with Gasteiger partial charge in [-0.05, 0) is 30.7 Å². The number of hydrogen-bond acceptors (Lipinski definition) is 2. The van der Waals surface area contributed by atoms with Crippen molar-refractivity contribution >= 4 is 23.3 Å². The predicted molar refractivity (Wildman–Crippen MR) is 98.5 cm³/mol. The fraction of sp³-hybridized carbons (Fsp3) is 0.316. The van der Waals surface area contributed by atoms with Crippen LogP contribution < -0.4 is 5.32 Å². The summed E-state index contributed by atoms with van der Waals surface area (Å²) in [6.45, 7) is 6.01. The lowest BCUT2D eigenvalue weighted by Crippen LogP contribution is -2.49. The third-order valence-electron chi connectivity index (χ3n) is 4.31. The zero-order chi connectivity index (χ0) is 16.9. The largest absolute Gasteiger partial charge is 0.322 e. The molecule has 4 nitrogen and oxygen atoms in total. The molecule has 0 radical (unpaired) electrons. The molecule has 1 heterocycles. The van der Waals surface area contributed by atoms with Crippen LogP contribution in [0.1, 0.15) is 11.1 Å². The van der Waals surface area contributed by atoms with Gasteiger partial charge in [-0.15, -0.1) is 0 Å². The molecule has 5 heteroatoms. The minimum atomic E-state index is -0.0313. The normalized spacial score (nSPS) is 15.3. The van der Waals surface area contributed by atoms with Crippen LogP contribution in [-0.2, 0) is 6.54 Å². The van der Waals surface area contributed by atoms with Gasteiger partial charge >= 0.3 is 6.03 Å². The van der Waals surface area contributed by atoms with Crippen LogP contribution in [0.25, 0.3) is 0 Å². The summed E-state index contributed by atoms with van der Waals surface area (Å²) in [6.07, 6.45) is 0. The number of rotatable bonds is 3. The highest BCUT2D eigenvalue weighted by Crippen LogP contribution is 2.18. The molecule has 0 aliphatic carbocycles. The Kier molecular flexibility index (Phi) is 5.38. The average molecular weight is 344 g/mol. The Labute approximate surface area is 148 Å². The van der Waals surface area contributed by atoms with Gasteiger partial charge in [0.15, 0.2) is 0 Å². The number of benzene rings is 2. The molecule has 2 aromatic rings. The number of nitrogens with one attached hydrogen (secondary N) is 1. The van der Waals surface area contributed by atoms with E-state index in [2.05, 4.69) is 16.3 Å². The Bertz CT molecular complexity index is 694. The van der Waals surface area contributed by atoms with Crippen molar-refractivity contribution in [3.63, 3.8) is 0 Å². The van der Waals surface area contributed by atoms with Crippen LogP contribution in [0.15, 0.2) is 48.5 Å². The molecule has 0 atom stereocenters. The van der Waals surface area contributed by atoms with E-state index in [4.69, 9.17) is 11.6 Å². The summed E-state index contributed by atoms with van der Waals surface area (Å²) >= 11 is 6.22. The van der Waals surface area contributed by atoms with Gasteiger partial charge in [0.05, 0.1) is 0 Å². The summed E-state index contributed by atoms with van der Waals surface area (Å²) in [5.74, 6) is 0. The smallest absolute Gasteiger partial charge is 0.321 e. The zero-order valence-corrected chi connectivity index (χ0v) is 14.6. The van der Waals surface area contributed by atoms with Gasteiger partial charge in [0.1, 0.15) is 0 Å². The van der Waals surface area contributed by atoms with E-state index in [1.165, 1.54) is 5.56 Å². The third-order valence-corrected chi connectivity index (χ3v) is 4.68. The van der Waals surface area contributed by atoms with Gasteiger partial charge in [0, 0.05) is 43.4 Å². The first kappa shape index (κ1) is 16.8. The van der Waals surface area contributed by atoms with Gasteiger partial charge in [0.25, 0.3) is 0 Å². The molecule has 2 amide bonds. The van der Waals surface area contributed by atoms with Crippen LogP contribution in [-0.4, -0.2) is 42.0 Å². The summed E-state index contributed by atoms with van der Waals surface area (Å²) in [6, 6.07) is 15.7. The Morgan fingerprint density at radius 2 is 1.71 bits per heavy atom. The van der Waals surface area contributed by atoms with Gasteiger partial charge in [-0.25, -0.2) is 4.79 Å². The lowest BCUT2D eigenvalue weighted by atomic mass is 10.2. The van der Waals surface area contributed by atoms with E-state index < -0.39 is 0 Å². The fourth-order valence-electron chi connectivity index (χ4n) is 2.82. The highest BCUT2D eigenvalue weighted by molar-refractivity contribution is 6.31. The Morgan fingerprint density at radius 3 is 2.38 bits per heavy atom. The first-order valence-corrected chi connectivity index (χ1v) is 8.58. The fourth-order valence-corrected chi connectivity index (χ4v) is 3.01. The number of halogens is 1. The molecule has 1 fully saturated rings. The second-order valence-electron chi connectivity index (χ2n) is 6.15. The number of carbonyl (C=O) groups is 1. The zero-order valence-electron chi connectivity index (χ0n) is 13.8. The second kappa shape index (κ2) is 7.69. The lowest BCUT2D eigenvalue weighted by molar-refractivity contribution is 0.143. The van der Waals surface area contributed by atoms with Crippen molar-refractivity contribution in [3.8, 4) is 0 Å². The molecule has 1 saturated heterocycles. The molecule has 1 N–H and O–H groups in total.